The number of benzene rings is 3. The van der Waals surface area contributed by atoms with Gasteiger partial charge in [0, 0.05) is 24.0 Å². The third kappa shape index (κ3) is 7.69. The Morgan fingerprint density at radius 2 is 1.63 bits per heavy atom. The van der Waals surface area contributed by atoms with E-state index in [0.29, 0.717) is 18.0 Å². The lowest BCUT2D eigenvalue weighted by Gasteiger charge is -2.32. The standard InChI is InChI=1S/C30H35ClN2O2/c1-5-23(4)32-30(35)28(18-24-9-7-6-8-10-24)33(20-25-13-15-27(31)16-14-25)29(34)19-26-17-21(2)11-12-22(26)3/h6-17,23,28H,5,18-20H2,1-4H3,(H,32,35)/t23-,28-/m0/s1. The largest absolute Gasteiger partial charge is 0.352 e. The fourth-order valence-corrected chi connectivity index (χ4v) is 4.16. The molecule has 1 N–H and O–H groups in total. The topological polar surface area (TPSA) is 49.4 Å². The molecular formula is C30H35ClN2O2. The predicted octanol–water partition coefficient (Wildman–Crippen LogP) is 6.05. The van der Waals surface area contributed by atoms with Crippen molar-refractivity contribution in [3.05, 3.63) is 106 Å². The van der Waals surface area contributed by atoms with Gasteiger partial charge in [-0.1, -0.05) is 84.8 Å². The first-order valence-corrected chi connectivity index (χ1v) is 12.6. The van der Waals surface area contributed by atoms with Crippen molar-refractivity contribution in [2.75, 3.05) is 0 Å². The van der Waals surface area contributed by atoms with E-state index >= 15 is 0 Å². The first-order valence-electron chi connectivity index (χ1n) is 12.2. The Morgan fingerprint density at radius 3 is 2.29 bits per heavy atom. The zero-order valence-corrected chi connectivity index (χ0v) is 21.8. The number of rotatable bonds is 10. The maximum absolute atomic E-state index is 13.9. The summed E-state index contributed by atoms with van der Waals surface area (Å²) in [4.78, 5) is 29.1. The zero-order valence-electron chi connectivity index (χ0n) is 21.1. The van der Waals surface area contributed by atoms with E-state index in [2.05, 4.69) is 11.4 Å². The fraction of sp³-hybridized carbons (Fsp3) is 0.333. The second kappa shape index (κ2) is 12.6. The molecule has 5 heteroatoms. The van der Waals surface area contributed by atoms with Crippen LogP contribution >= 0.6 is 11.6 Å². The van der Waals surface area contributed by atoms with Crippen molar-refractivity contribution >= 4 is 23.4 Å². The molecule has 3 aromatic rings. The van der Waals surface area contributed by atoms with Crippen molar-refractivity contribution in [2.45, 2.75) is 65.6 Å². The van der Waals surface area contributed by atoms with Crippen LogP contribution in [-0.2, 0) is 29.0 Å². The van der Waals surface area contributed by atoms with Crippen LogP contribution in [0.5, 0.6) is 0 Å². The number of carbonyl (C=O) groups excluding carboxylic acids is 2. The molecule has 35 heavy (non-hydrogen) atoms. The summed E-state index contributed by atoms with van der Waals surface area (Å²) in [6, 6.07) is 22.8. The fourth-order valence-electron chi connectivity index (χ4n) is 4.04. The van der Waals surface area contributed by atoms with Crippen LogP contribution in [0.1, 0.15) is 48.1 Å². The quantitative estimate of drug-likeness (QED) is 0.376. The van der Waals surface area contributed by atoms with Crippen molar-refractivity contribution in [2.24, 2.45) is 0 Å². The number of amides is 2. The number of halogens is 1. The van der Waals surface area contributed by atoms with Crippen LogP contribution in [0.4, 0.5) is 0 Å². The summed E-state index contributed by atoms with van der Waals surface area (Å²) in [7, 11) is 0. The molecule has 3 aromatic carbocycles. The van der Waals surface area contributed by atoms with Gasteiger partial charge < -0.3 is 10.2 Å². The van der Waals surface area contributed by atoms with Crippen LogP contribution in [0, 0.1) is 13.8 Å². The highest BCUT2D eigenvalue weighted by Crippen LogP contribution is 2.20. The van der Waals surface area contributed by atoms with Gasteiger partial charge >= 0.3 is 0 Å². The second-order valence-corrected chi connectivity index (χ2v) is 9.71. The molecule has 2 amide bonds. The summed E-state index contributed by atoms with van der Waals surface area (Å²) in [6.07, 6.45) is 1.50. The Kier molecular flexibility index (Phi) is 9.50. The van der Waals surface area contributed by atoms with E-state index in [9.17, 15) is 9.59 Å². The van der Waals surface area contributed by atoms with Crippen LogP contribution < -0.4 is 5.32 Å². The summed E-state index contributed by atoms with van der Waals surface area (Å²) < 4.78 is 0. The highest BCUT2D eigenvalue weighted by Gasteiger charge is 2.31. The van der Waals surface area contributed by atoms with E-state index in [0.717, 1.165) is 34.2 Å². The molecule has 0 aromatic heterocycles. The summed E-state index contributed by atoms with van der Waals surface area (Å²) in [5.41, 5.74) is 5.10. The minimum atomic E-state index is -0.639. The normalized spacial score (nSPS) is 12.6. The molecule has 0 spiro atoms. The first-order chi connectivity index (χ1) is 16.8. The average Bonchev–Trinajstić information content (AvgIpc) is 2.85. The van der Waals surface area contributed by atoms with Crippen molar-refractivity contribution in [3.63, 3.8) is 0 Å². The molecule has 0 aliphatic rings. The zero-order chi connectivity index (χ0) is 25.4. The molecule has 0 saturated carbocycles. The summed E-state index contributed by atoms with van der Waals surface area (Å²) in [6.45, 7) is 8.39. The van der Waals surface area contributed by atoms with Gasteiger partial charge in [-0.3, -0.25) is 9.59 Å². The Morgan fingerprint density at radius 1 is 0.943 bits per heavy atom. The molecule has 0 heterocycles. The minimum Gasteiger partial charge on any atom is -0.352 e. The van der Waals surface area contributed by atoms with Gasteiger partial charge in [-0.2, -0.15) is 0 Å². The van der Waals surface area contributed by atoms with Crippen LogP contribution in [0.25, 0.3) is 0 Å². The van der Waals surface area contributed by atoms with Gasteiger partial charge in [0.1, 0.15) is 6.04 Å². The second-order valence-electron chi connectivity index (χ2n) is 9.28. The maximum Gasteiger partial charge on any atom is 0.243 e. The summed E-state index contributed by atoms with van der Waals surface area (Å²) in [5, 5.41) is 3.75. The number of aryl methyl sites for hydroxylation is 2. The SMILES string of the molecule is CC[C@H](C)NC(=O)[C@H](Cc1ccccc1)N(Cc1ccc(Cl)cc1)C(=O)Cc1cc(C)ccc1C. The van der Waals surface area contributed by atoms with Crippen molar-refractivity contribution in [1.82, 2.24) is 10.2 Å². The van der Waals surface area contributed by atoms with E-state index in [1.807, 2.05) is 94.4 Å². The Bertz CT molecular complexity index is 1130. The Hall–Kier alpha value is -3.11. The third-order valence-corrected chi connectivity index (χ3v) is 6.64. The van der Waals surface area contributed by atoms with Gasteiger partial charge in [0.2, 0.25) is 11.8 Å². The minimum absolute atomic E-state index is 0.0206. The number of hydrogen-bond acceptors (Lipinski definition) is 2. The molecule has 2 atom stereocenters. The molecular weight excluding hydrogens is 456 g/mol. The lowest BCUT2D eigenvalue weighted by atomic mass is 9.99. The van der Waals surface area contributed by atoms with Crippen molar-refractivity contribution in [3.8, 4) is 0 Å². The van der Waals surface area contributed by atoms with Gasteiger partial charge in [0.05, 0.1) is 6.42 Å². The van der Waals surface area contributed by atoms with Crippen LogP contribution in [0.3, 0.4) is 0 Å². The number of carbonyl (C=O) groups is 2. The van der Waals surface area contributed by atoms with Crippen molar-refractivity contribution < 1.29 is 9.59 Å². The molecule has 184 valence electrons. The van der Waals surface area contributed by atoms with E-state index in [1.165, 1.54) is 0 Å². The third-order valence-electron chi connectivity index (χ3n) is 6.38. The molecule has 0 aliphatic carbocycles. The van der Waals surface area contributed by atoms with Crippen LogP contribution in [-0.4, -0.2) is 28.8 Å². The van der Waals surface area contributed by atoms with Gasteiger partial charge in [-0.25, -0.2) is 0 Å². The number of hydrogen-bond donors (Lipinski definition) is 1. The van der Waals surface area contributed by atoms with E-state index in [1.54, 1.807) is 4.90 Å². The van der Waals surface area contributed by atoms with E-state index in [-0.39, 0.29) is 24.3 Å². The van der Waals surface area contributed by atoms with E-state index in [4.69, 9.17) is 11.6 Å². The van der Waals surface area contributed by atoms with E-state index < -0.39 is 6.04 Å². The Balaban J connectivity index is 1.99. The van der Waals surface area contributed by atoms with Gasteiger partial charge in [0.15, 0.2) is 0 Å². The number of nitrogens with one attached hydrogen (secondary N) is 1. The predicted molar refractivity (Wildman–Crippen MR) is 143 cm³/mol. The molecule has 0 aliphatic heterocycles. The van der Waals surface area contributed by atoms with Crippen LogP contribution in [0.2, 0.25) is 5.02 Å². The maximum atomic E-state index is 13.9. The molecule has 0 fully saturated rings. The molecule has 0 bridgehead atoms. The Labute approximate surface area is 214 Å². The van der Waals surface area contributed by atoms with Gasteiger partial charge in [-0.05, 0) is 61.6 Å². The molecule has 0 saturated heterocycles. The summed E-state index contributed by atoms with van der Waals surface area (Å²) in [5.74, 6) is -0.208. The summed E-state index contributed by atoms with van der Waals surface area (Å²) >= 11 is 6.10. The highest BCUT2D eigenvalue weighted by molar-refractivity contribution is 6.30. The smallest absolute Gasteiger partial charge is 0.243 e. The van der Waals surface area contributed by atoms with Gasteiger partial charge in [-0.15, -0.1) is 0 Å². The molecule has 3 rings (SSSR count). The van der Waals surface area contributed by atoms with Crippen molar-refractivity contribution in [1.29, 1.82) is 0 Å². The molecule has 4 nitrogen and oxygen atoms in total. The van der Waals surface area contributed by atoms with Crippen LogP contribution in [0.15, 0.2) is 72.8 Å². The molecule has 0 unspecified atom stereocenters. The first kappa shape index (κ1) is 26.5. The lowest BCUT2D eigenvalue weighted by Crippen LogP contribution is -2.52. The lowest BCUT2D eigenvalue weighted by molar-refractivity contribution is -0.141. The highest BCUT2D eigenvalue weighted by atomic mass is 35.5. The number of nitrogens with zero attached hydrogens (tertiary/aromatic N) is 1. The molecule has 0 radical (unpaired) electrons. The van der Waals surface area contributed by atoms with Gasteiger partial charge in [0.25, 0.3) is 0 Å². The average molecular weight is 491 g/mol. The monoisotopic (exact) mass is 490 g/mol.